The van der Waals surface area contributed by atoms with Crippen LogP contribution in [0.15, 0.2) is 0 Å². The highest BCUT2D eigenvalue weighted by molar-refractivity contribution is 5.79. The molecule has 0 aromatic carbocycles. The van der Waals surface area contributed by atoms with Gasteiger partial charge < -0.3 is 16.2 Å². The van der Waals surface area contributed by atoms with Crippen molar-refractivity contribution in [1.82, 2.24) is 0 Å². The maximum atomic E-state index is 10.5. The third-order valence-corrected chi connectivity index (χ3v) is 2.56. The fourth-order valence-corrected chi connectivity index (χ4v) is 1.32. The van der Waals surface area contributed by atoms with Crippen molar-refractivity contribution in [3.05, 3.63) is 0 Å². The average Bonchev–Trinajstić information content (AvgIpc) is 2.00. The number of hydrogen-bond acceptors (Lipinski definition) is 3. The Morgan fingerprint density at radius 1 is 1.54 bits per heavy atom. The Labute approximate surface area is 78.6 Å². The summed E-state index contributed by atoms with van der Waals surface area (Å²) in [5.41, 5.74) is 10.4. The smallest absolute Gasteiger partial charge is 0.236 e. The molecule has 0 radical (unpaired) electrons. The minimum absolute atomic E-state index is 0.252. The van der Waals surface area contributed by atoms with Crippen molar-refractivity contribution in [3.8, 4) is 0 Å². The molecule has 0 aliphatic heterocycles. The molecule has 4 N–H and O–H groups in total. The van der Waals surface area contributed by atoms with E-state index in [4.69, 9.17) is 16.2 Å². The van der Waals surface area contributed by atoms with Crippen LogP contribution in [0, 0.1) is 5.92 Å². The lowest BCUT2D eigenvalue weighted by Gasteiger charge is -2.25. The van der Waals surface area contributed by atoms with Crippen LogP contribution < -0.4 is 11.5 Å². The van der Waals surface area contributed by atoms with E-state index in [-0.39, 0.29) is 6.61 Å². The first-order valence-electron chi connectivity index (χ1n) is 4.83. The van der Waals surface area contributed by atoms with E-state index in [1.807, 2.05) is 0 Å². The van der Waals surface area contributed by atoms with Crippen LogP contribution in [0.5, 0.6) is 0 Å². The van der Waals surface area contributed by atoms with E-state index in [9.17, 15) is 4.79 Å². The standard InChI is InChI=1S/C9H18N2O2/c10-8(9(11)12)6-13-5-4-7-2-1-3-7/h7-8H,1-6,10H2,(H2,11,12). The molecular weight excluding hydrogens is 168 g/mol. The molecule has 1 fully saturated rings. The molecule has 4 nitrogen and oxygen atoms in total. The van der Waals surface area contributed by atoms with Gasteiger partial charge in [-0.15, -0.1) is 0 Å². The van der Waals surface area contributed by atoms with Crippen LogP contribution in [0.1, 0.15) is 25.7 Å². The lowest BCUT2D eigenvalue weighted by atomic mass is 9.83. The van der Waals surface area contributed by atoms with E-state index in [1.165, 1.54) is 19.3 Å². The highest BCUT2D eigenvalue weighted by Crippen LogP contribution is 2.28. The number of rotatable bonds is 6. The molecule has 1 aliphatic carbocycles. The highest BCUT2D eigenvalue weighted by atomic mass is 16.5. The largest absolute Gasteiger partial charge is 0.379 e. The molecule has 4 heteroatoms. The second-order valence-electron chi connectivity index (χ2n) is 3.67. The summed E-state index contributed by atoms with van der Waals surface area (Å²) in [6.07, 6.45) is 5.09. The number of nitrogens with two attached hydrogens (primary N) is 2. The summed E-state index contributed by atoms with van der Waals surface area (Å²) in [7, 11) is 0. The summed E-state index contributed by atoms with van der Waals surface area (Å²) in [6, 6.07) is -0.651. The van der Waals surface area contributed by atoms with Gasteiger partial charge in [-0.25, -0.2) is 0 Å². The van der Waals surface area contributed by atoms with Gasteiger partial charge in [0.1, 0.15) is 6.04 Å². The monoisotopic (exact) mass is 186 g/mol. The number of carbonyl (C=O) groups excluding carboxylic acids is 1. The number of amides is 1. The van der Waals surface area contributed by atoms with Crippen LogP contribution in [0.3, 0.4) is 0 Å². The van der Waals surface area contributed by atoms with Crippen LogP contribution in [0.25, 0.3) is 0 Å². The second-order valence-corrected chi connectivity index (χ2v) is 3.67. The van der Waals surface area contributed by atoms with Gasteiger partial charge >= 0.3 is 0 Å². The van der Waals surface area contributed by atoms with E-state index < -0.39 is 11.9 Å². The first kappa shape index (κ1) is 10.5. The third-order valence-electron chi connectivity index (χ3n) is 2.56. The Balaban J connectivity index is 1.90. The quantitative estimate of drug-likeness (QED) is 0.573. The van der Waals surface area contributed by atoms with Gasteiger partial charge in [-0.1, -0.05) is 19.3 Å². The van der Waals surface area contributed by atoms with Crippen molar-refractivity contribution >= 4 is 5.91 Å². The Bertz CT molecular complexity index is 169. The van der Waals surface area contributed by atoms with Gasteiger partial charge in [-0.2, -0.15) is 0 Å². The van der Waals surface area contributed by atoms with Crippen molar-refractivity contribution in [2.45, 2.75) is 31.7 Å². The fraction of sp³-hybridized carbons (Fsp3) is 0.889. The highest BCUT2D eigenvalue weighted by Gasteiger charge is 2.17. The Hall–Kier alpha value is -0.610. The molecule has 0 aromatic rings. The first-order chi connectivity index (χ1) is 6.20. The molecule has 0 spiro atoms. The summed E-state index contributed by atoms with van der Waals surface area (Å²) in [6.45, 7) is 0.952. The fourth-order valence-electron chi connectivity index (χ4n) is 1.32. The van der Waals surface area contributed by atoms with Crippen LogP contribution in [-0.2, 0) is 9.53 Å². The molecule has 0 heterocycles. The molecular formula is C9H18N2O2. The number of ether oxygens (including phenoxy) is 1. The normalized spacial score (nSPS) is 19.5. The van der Waals surface area contributed by atoms with Gasteiger partial charge in [-0.05, 0) is 12.3 Å². The van der Waals surface area contributed by atoms with Crippen molar-refractivity contribution < 1.29 is 9.53 Å². The van der Waals surface area contributed by atoms with E-state index in [0.29, 0.717) is 6.61 Å². The minimum atomic E-state index is -0.651. The zero-order chi connectivity index (χ0) is 9.68. The average molecular weight is 186 g/mol. The molecule has 1 amide bonds. The number of carbonyl (C=O) groups is 1. The summed E-state index contributed by atoms with van der Waals surface area (Å²) in [5.74, 6) is 0.341. The van der Waals surface area contributed by atoms with Crippen LogP contribution in [0.2, 0.25) is 0 Å². The van der Waals surface area contributed by atoms with Gasteiger partial charge in [0, 0.05) is 6.61 Å². The van der Waals surface area contributed by atoms with E-state index in [1.54, 1.807) is 0 Å². The Morgan fingerprint density at radius 3 is 2.69 bits per heavy atom. The Kier molecular flexibility index (Phi) is 4.18. The minimum Gasteiger partial charge on any atom is -0.379 e. The predicted molar refractivity (Wildman–Crippen MR) is 49.9 cm³/mol. The zero-order valence-corrected chi connectivity index (χ0v) is 7.87. The maximum Gasteiger partial charge on any atom is 0.236 e. The summed E-state index contributed by atoms with van der Waals surface area (Å²) < 4.78 is 5.24. The molecule has 1 atom stereocenters. The van der Waals surface area contributed by atoms with Crippen LogP contribution in [0.4, 0.5) is 0 Å². The Morgan fingerprint density at radius 2 is 2.23 bits per heavy atom. The van der Waals surface area contributed by atoms with Gasteiger partial charge in [0.05, 0.1) is 6.61 Å². The molecule has 76 valence electrons. The van der Waals surface area contributed by atoms with E-state index >= 15 is 0 Å². The van der Waals surface area contributed by atoms with Crippen molar-refractivity contribution in [2.75, 3.05) is 13.2 Å². The third kappa shape index (κ3) is 3.74. The topological polar surface area (TPSA) is 78.3 Å². The molecule has 0 saturated heterocycles. The maximum absolute atomic E-state index is 10.5. The van der Waals surface area contributed by atoms with Crippen molar-refractivity contribution in [1.29, 1.82) is 0 Å². The van der Waals surface area contributed by atoms with Gasteiger partial charge in [0.25, 0.3) is 0 Å². The molecule has 1 aliphatic rings. The predicted octanol–water partition coefficient (Wildman–Crippen LogP) is 0.00580. The number of primary amides is 1. The lowest BCUT2D eigenvalue weighted by Crippen LogP contribution is -2.40. The summed E-state index contributed by atoms with van der Waals surface area (Å²) in [5, 5.41) is 0. The number of hydrogen-bond donors (Lipinski definition) is 2. The van der Waals surface area contributed by atoms with E-state index in [2.05, 4.69) is 0 Å². The SMILES string of the molecule is NC(=O)C(N)COCCC1CCC1. The van der Waals surface area contributed by atoms with Crippen molar-refractivity contribution in [3.63, 3.8) is 0 Å². The van der Waals surface area contributed by atoms with Gasteiger partial charge in [0.2, 0.25) is 5.91 Å². The molecule has 0 bridgehead atoms. The lowest BCUT2D eigenvalue weighted by molar-refractivity contribution is -0.120. The summed E-state index contributed by atoms with van der Waals surface area (Å²) >= 11 is 0. The molecule has 1 saturated carbocycles. The zero-order valence-electron chi connectivity index (χ0n) is 7.87. The van der Waals surface area contributed by atoms with Gasteiger partial charge in [0.15, 0.2) is 0 Å². The first-order valence-corrected chi connectivity index (χ1v) is 4.83. The second kappa shape index (κ2) is 5.19. The molecule has 1 unspecified atom stereocenters. The van der Waals surface area contributed by atoms with Crippen molar-refractivity contribution in [2.24, 2.45) is 17.4 Å². The van der Waals surface area contributed by atoms with Crippen LogP contribution in [-0.4, -0.2) is 25.2 Å². The molecule has 13 heavy (non-hydrogen) atoms. The van der Waals surface area contributed by atoms with Crippen LogP contribution >= 0.6 is 0 Å². The van der Waals surface area contributed by atoms with Gasteiger partial charge in [-0.3, -0.25) is 4.79 Å². The van der Waals surface area contributed by atoms with E-state index in [0.717, 1.165) is 12.3 Å². The molecule has 1 rings (SSSR count). The summed E-state index contributed by atoms with van der Waals surface area (Å²) in [4.78, 5) is 10.5. The molecule has 0 aromatic heterocycles.